The first-order valence-corrected chi connectivity index (χ1v) is 7.83. The van der Waals surface area contributed by atoms with Gasteiger partial charge in [-0.15, -0.1) is 24.2 Å². The summed E-state index contributed by atoms with van der Waals surface area (Å²) in [5, 5.41) is 3.60. The van der Waals surface area contributed by atoms with Gasteiger partial charge in [0.25, 0.3) is 0 Å². The molecule has 118 valence electrons. The summed E-state index contributed by atoms with van der Waals surface area (Å²) in [6.45, 7) is 1.43. The van der Waals surface area contributed by atoms with Crippen LogP contribution in [0.4, 0.5) is 0 Å². The second kappa shape index (κ2) is 10.9. The minimum Gasteiger partial charge on any atom is -0.344 e. The van der Waals surface area contributed by atoms with Crippen LogP contribution in [0.3, 0.4) is 0 Å². The number of rotatable bonds is 8. The second-order valence-corrected chi connectivity index (χ2v) is 5.76. The molecule has 21 heavy (non-hydrogen) atoms. The molecule has 0 aliphatic carbocycles. The van der Waals surface area contributed by atoms with Crippen LogP contribution >= 0.6 is 35.8 Å². The minimum atomic E-state index is 0. The van der Waals surface area contributed by atoms with Crippen molar-refractivity contribution in [2.24, 2.45) is 0 Å². The molecule has 1 rings (SSSR count). The number of likely N-dealkylation sites (N-methyl/N-ethyl adjacent to an activating group) is 2. The van der Waals surface area contributed by atoms with E-state index in [9.17, 15) is 9.59 Å². The van der Waals surface area contributed by atoms with E-state index in [-0.39, 0.29) is 24.1 Å². The van der Waals surface area contributed by atoms with Crippen molar-refractivity contribution in [3.05, 3.63) is 34.9 Å². The van der Waals surface area contributed by atoms with E-state index in [1.807, 2.05) is 7.05 Å². The molecule has 1 N–H and O–H groups in total. The van der Waals surface area contributed by atoms with E-state index in [2.05, 4.69) is 5.32 Å². The number of nitrogens with one attached hydrogen (secondary N) is 1. The van der Waals surface area contributed by atoms with Gasteiger partial charge in [0.1, 0.15) is 0 Å². The molecule has 0 spiro atoms. The largest absolute Gasteiger partial charge is 0.344 e. The van der Waals surface area contributed by atoms with Crippen LogP contribution in [0.2, 0.25) is 5.02 Å². The topological polar surface area (TPSA) is 49.4 Å². The Morgan fingerprint density at radius 2 is 1.86 bits per heavy atom. The summed E-state index contributed by atoms with van der Waals surface area (Å²) in [5.74, 6) is 0.666. The summed E-state index contributed by atoms with van der Waals surface area (Å²) in [4.78, 5) is 25.3. The van der Waals surface area contributed by atoms with Crippen LogP contribution in [0, 0.1) is 0 Å². The number of carbonyl (C=O) groups is 2. The van der Waals surface area contributed by atoms with Crippen molar-refractivity contribution in [2.75, 3.05) is 38.7 Å². The van der Waals surface area contributed by atoms with Gasteiger partial charge in [0, 0.05) is 30.7 Å². The molecule has 1 amide bonds. The fraction of sp³-hybridized carbons (Fsp3) is 0.429. The van der Waals surface area contributed by atoms with E-state index in [0.717, 1.165) is 6.54 Å². The third-order valence-electron chi connectivity index (χ3n) is 2.75. The lowest BCUT2D eigenvalue weighted by Crippen LogP contribution is -2.34. The highest BCUT2D eigenvalue weighted by Crippen LogP contribution is 2.12. The van der Waals surface area contributed by atoms with Crippen LogP contribution in [0.1, 0.15) is 10.4 Å². The number of carbonyl (C=O) groups excluding carboxylic acids is 2. The van der Waals surface area contributed by atoms with Gasteiger partial charge < -0.3 is 10.2 Å². The first-order valence-electron chi connectivity index (χ1n) is 6.29. The van der Waals surface area contributed by atoms with Gasteiger partial charge in [0.15, 0.2) is 5.78 Å². The number of benzene rings is 1. The number of ketones is 1. The zero-order chi connectivity index (χ0) is 15.0. The van der Waals surface area contributed by atoms with Crippen LogP contribution in [0.5, 0.6) is 0 Å². The van der Waals surface area contributed by atoms with E-state index < -0.39 is 0 Å². The van der Waals surface area contributed by atoms with Gasteiger partial charge in [-0.05, 0) is 31.3 Å². The predicted molar refractivity (Wildman–Crippen MR) is 91.9 cm³/mol. The van der Waals surface area contributed by atoms with Crippen molar-refractivity contribution in [3.8, 4) is 0 Å². The maximum Gasteiger partial charge on any atom is 0.232 e. The van der Waals surface area contributed by atoms with Crippen LogP contribution in [0.15, 0.2) is 24.3 Å². The number of hydrogen-bond donors (Lipinski definition) is 1. The predicted octanol–water partition coefficient (Wildman–Crippen LogP) is 2.36. The molecule has 0 bridgehead atoms. The number of Topliss-reactive ketones (excluding diaryl/α,β-unsaturated/α-hetero) is 1. The Kier molecular flexibility index (Phi) is 10.5. The summed E-state index contributed by atoms with van der Waals surface area (Å²) in [7, 11) is 3.61. The number of halogens is 2. The third kappa shape index (κ3) is 7.71. The molecule has 0 saturated heterocycles. The normalized spacial score (nSPS) is 9.86. The Morgan fingerprint density at radius 1 is 1.24 bits per heavy atom. The maximum atomic E-state index is 11.9. The van der Waals surface area contributed by atoms with Gasteiger partial charge >= 0.3 is 0 Å². The van der Waals surface area contributed by atoms with Crippen molar-refractivity contribution < 1.29 is 9.59 Å². The fourth-order valence-corrected chi connectivity index (χ4v) is 2.44. The van der Waals surface area contributed by atoms with Crippen molar-refractivity contribution >= 4 is 47.5 Å². The summed E-state index contributed by atoms with van der Waals surface area (Å²) in [5.41, 5.74) is 0.623. The standard InChI is InChI=1S/C14H19ClN2O2S.ClH/c1-16-7-8-17(2)14(19)10-20-9-13(18)11-3-5-12(15)6-4-11;/h3-6,16H,7-10H2,1-2H3;1H. The fourth-order valence-electron chi connectivity index (χ4n) is 1.46. The molecule has 0 unspecified atom stereocenters. The first-order chi connectivity index (χ1) is 9.54. The molecule has 7 heteroatoms. The lowest BCUT2D eigenvalue weighted by Gasteiger charge is -2.16. The second-order valence-electron chi connectivity index (χ2n) is 4.34. The van der Waals surface area contributed by atoms with Gasteiger partial charge in [-0.2, -0.15) is 0 Å². The van der Waals surface area contributed by atoms with Gasteiger partial charge in [0.05, 0.1) is 11.5 Å². The molecule has 0 aliphatic rings. The molecule has 0 saturated carbocycles. The molecule has 1 aromatic carbocycles. The summed E-state index contributed by atoms with van der Waals surface area (Å²) < 4.78 is 0. The van der Waals surface area contributed by atoms with Crippen LogP contribution < -0.4 is 5.32 Å². The van der Waals surface area contributed by atoms with Crippen LogP contribution in [0.25, 0.3) is 0 Å². The zero-order valence-electron chi connectivity index (χ0n) is 12.1. The van der Waals surface area contributed by atoms with Crippen LogP contribution in [-0.2, 0) is 4.79 Å². The monoisotopic (exact) mass is 350 g/mol. The Hall–Kier alpha value is -0.750. The highest BCUT2D eigenvalue weighted by molar-refractivity contribution is 8.00. The van der Waals surface area contributed by atoms with Crippen molar-refractivity contribution in [3.63, 3.8) is 0 Å². The quantitative estimate of drug-likeness (QED) is 0.731. The molecule has 4 nitrogen and oxygen atoms in total. The Morgan fingerprint density at radius 3 is 2.43 bits per heavy atom. The van der Waals surface area contributed by atoms with Gasteiger partial charge in [-0.3, -0.25) is 9.59 Å². The van der Waals surface area contributed by atoms with E-state index in [4.69, 9.17) is 11.6 Å². The average Bonchev–Trinajstić information content (AvgIpc) is 2.45. The molecule has 0 heterocycles. The first kappa shape index (κ1) is 20.2. The van der Waals surface area contributed by atoms with Gasteiger partial charge in [0.2, 0.25) is 5.91 Å². The van der Waals surface area contributed by atoms with Crippen molar-refractivity contribution in [1.29, 1.82) is 0 Å². The smallest absolute Gasteiger partial charge is 0.232 e. The highest BCUT2D eigenvalue weighted by atomic mass is 35.5. The average molecular weight is 351 g/mol. The molecule has 1 aromatic rings. The lowest BCUT2D eigenvalue weighted by molar-refractivity contribution is -0.127. The third-order valence-corrected chi connectivity index (χ3v) is 3.92. The SMILES string of the molecule is CNCCN(C)C(=O)CSCC(=O)c1ccc(Cl)cc1.Cl. The summed E-state index contributed by atoms with van der Waals surface area (Å²) in [6.07, 6.45) is 0. The number of thioether (sulfide) groups is 1. The van der Waals surface area contributed by atoms with Crippen molar-refractivity contribution in [2.45, 2.75) is 0 Å². The molecule has 0 radical (unpaired) electrons. The van der Waals surface area contributed by atoms with Crippen molar-refractivity contribution in [1.82, 2.24) is 10.2 Å². The summed E-state index contributed by atoms with van der Waals surface area (Å²) in [6, 6.07) is 6.78. The Labute approximate surface area is 141 Å². The molecule has 0 atom stereocenters. The number of amides is 1. The molecular weight excluding hydrogens is 331 g/mol. The molecule has 0 aromatic heterocycles. The lowest BCUT2D eigenvalue weighted by atomic mass is 10.1. The highest BCUT2D eigenvalue weighted by Gasteiger charge is 2.11. The summed E-state index contributed by atoms with van der Waals surface area (Å²) >= 11 is 7.10. The Balaban J connectivity index is 0.00000400. The maximum absolute atomic E-state index is 11.9. The molecule has 0 fully saturated rings. The van der Waals surface area contributed by atoms with E-state index in [0.29, 0.717) is 28.6 Å². The van der Waals surface area contributed by atoms with Gasteiger partial charge in [-0.1, -0.05) is 11.6 Å². The minimum absolute atomic E-state index is 0. The van der Waals surface area contributed by atoms with E-state index >= 15 is 0 Å². The molecule has 0 aliphatic heterocycles. The number of nitrogens with zero attached hydrogens (tertiary/aromatic N) is 1. The van der Waals surface area contributed by atoms with E-state index in [1.54, 1.807) is 36.2 Å². The Bertz CT molecular complexity index is 455. The van der Waals surface area contributed by atoms with E-state index in [1.165, 1.54) is 11.8 Å². The van der Waals surface area contributed by atoms with Crippen LogP contribution in [-0.4, -0.2) is 55.3 Å². The molecular formula is C14H20Cl2N2O2S. The zero-order valence-corrected chi connectivity index (χ0v) is 14.5. The number of hydrogen-bond acceptors (Lipinski definition) is 4. The van der Waals surface area contributed by atoms with Gasteiger partial charge in [-0.25, -0.2) is 0 Å².